The summed E-state index contributed by atoms with van der Waals surface area (Å²) in [5.74, 6) is 0.750. The van der Waals surface area contributed by atoms with Crippen molar-refractivity contribution in [3.05, 3.63) is 36.0 Å². The highest BCUT2D eigenvalue weighted by Crippen LogP contribution is 2.02. The van der Waals surface area contributed by atoms with Crippen LogP contribution in [0, 0.1) is 18.3 Å². The molecule has 2 aromatic rings. The van der Waals surface area contributed by atoms with Crippen molar-refractivity contribution in [2.45, 2.75) is 6.92 Å². The molecule has 0 saturated carbocycles. The molecule has 0 saturated heterocycles. The third-order valence-corrected chi connectivity index (χ3v) is 1.70. The average molecular weight is 185 g/mol. The molecular formula is C9H7N5. The molecule has 0 aliphatic heterocycles. The Bertz CT molecular complexity index is 494. The van der Waals surface area contributed by atoms with E-state index in [1.807, 2.05) is 19.1 Å². The Morgan fingerprint density at radius 3 is 2.93 bits per heavy atom. The predicted molar refractivity (Wildman–Crippen MR) is 48.6 cm³/mol. The van der Waals surface area contributed by atoms with Gasteiger partial charge >= 0.3 is 0 Å². The SMILES string of the molecule is Cc1ccn(-c2ccnc(C#N)n2)n1. The van der Waals surface area contributed by atoms with Gasteiger partial charge in [0, 0.05) is 18.5 Å². The summed E-state index contributed by atoms with van der Waals surface area (Å²) in [6.45, 7) is 1.89. The van der Waals surface area contributed by atoms with Crippen LogP contribution in [-0.2, 0) is 0 Å². The lowest BCUT2D eigenvalue weighted by Crippen LogP contribution is -2.00. The third kappa shape index (κ3) is 1.45. The summed E-state index contributed by atoms with van der Waals surface area (Å²) in [6.07, 6.45) is 3.33. The van der Waals surface area contributed by atoms with Crippen LogP contribution in [-0.4, -0.2) is 19.7 Å². The van der Waals surface area contributed by atoms with E-state index in [1.165, 1.54) is 6.20 Å². The Labute approximate surface area is 80.7 Å². The molecule has 0 bridgehead atoms. The summed E-state index contributed by atoms with van der Waals surface area (Å²) in [5.41, 5.74) is 0.905. The van der Waals surface area contributed by atoms with Crippen LogP contribution in [0.4, 0.5) is 0 Å². The van der Waals surface area contributed by atoms with Crippen LogP contribution in [0.3, 0.4) is 0 Å². The minimum Gasteiger partial charge on any atom is -0.227 e. The van der Waals surface area contributed by atoms with Crippen molar-refractivity contribution in [2.24, 2.45) is 0 Å². The molecule has 5 nitrogen and oxygen atoms in total. The lowest BCUT2D eigenvalue weighted by atomic mass is 10.5. The van der Waals surface area contributed by atoms with Crippen molar-refractivity contribution in [3.8, 4) is 11.9 Å². The summed E-state index contributed by atoms with van der Waals surface area (Å²) < 4.78 is 1.61. The van der Waals surface area contributed by atoms with E-state index in [2.05, 4.69) is 15.1 Å². The molecule has 14 heavy (non-hydrogen) atoms. The van der Waals surface area contributed by atoms with Gasteiger partial charge in [-0.25, -0.2) is 9.67 Å². The van der Waals surface area contributed by atoms with E-state index >= 15 is 0 Å². The van der Waals surface area contributed by atoms with Gasteiger partial charge in [-0.15, -0.1) is 0 Å². The minimum atomic E-state index is 0.149. The van der Waals surface area contributed by atoms with Gasteiger partial charge in [0.25, 0.3) is 0 Å². The molecule has 0 amide bonds. The van der Waals surface area contributed by atoms with Crippen molar-refractivity contribution < 1.29 is 0 Å². The molecule has 0 atom stereocenters. The zero-order valence-electron chi connectivity index (χ0n) is 7.55. The summed E-state index contributed by atoms with van der Waals surface area (Å²) in [5, 5.41) is 12.8. The van der Waals surface area contributed by atoms with Crippen molar-refractivity contribution in [3.63, 3.8) is 0 Å². The van der Waals surface area contributed by atoms with Gasteiger partial charge in [0.15, 0.2) is 5.82 Å². The van der Waals surface area contributed by atoms with E-state index in [9.17, 15) is 0 Å². The van der Waals surface area contributed by atoms with E-state index in [-0.39, 0.29) is 5.82 Å². The minimum absolute atomic E-state index is 0.149. The van der Waals surface area contributed by atoms with Crippen molar-refractivity contribution >= 4 is 0 Å². The van der Waals surface area contributed by atoms with Crippen LogP contribution in [0.25, 0.3) is 5.82 Å². The molecule has 2 rings (SSSR count). The summed E-state index contributed by atoms with van der Waals surface area (Å²) >= 11 is 0. The lowest BCUT2D eigenvalue weighted by molar-refractivity contribution is 0.822. The maximum Gasteiger partial charge on any atom is 0.234 e. The molecular weight excluding hydrogens is 178 g/mol. The molecule has 0 aliphatic rings. The average Bonchev–Trinajstić information content (AvgIpc) is 2.65. The zero-order chi connectivity index (χ0) is 9.97. The molecule has 0 aliphatic carbocycles. The van der Waals surface area contributed by atoms with Crippen LogP contribution in [0.5, 0.6) is 0 Å². The van der Waals surface area contributed by atoms with Gasteiger partial charge in [-0.2, -0.15) is 15.3 Å². The van der Waals surface area contributed by atoms with Gasteiger partial charge in [-0.1, -0.05) is 0 Å². The summed E-state index contributed by atoms with van der Waals surface area (Å²) in [6, 6.07) is 5.45. The molecule has 5 heteroatoms. The quantitative estimate of drug-likeness (QED) is 0.660. The van der Waals surface area contributed by atoms with Crippen LogP contribution >= 0.6 is 0 Å². The maximum atomic E-state index is 8.61. The molecule has 2 aromatic heterocycles. The van der Waals surface area contributed by atoms with Gasteiger partial charge in [0.05, 0.1) is 5.69 Å². The van der Waals surface area contributed by atoms with Crippen LogP contribution < -0.4 is 0 Å². The highest BCUT2D eigenvalue weighted by Gasteiger charge is 2.01. The molecule has 0 spiro atoms. The largest absolute Gasteiger partial charge is 0.234 e. The van der Waals surface area contributed by atoms with E-state index in [0.29, 0.717) is 5.82 Å². The lowest BCUT2D eigenvalue weighted by Gasteiger charge is -1.98. The van der Waals surface area contributed by atoms with Gasteiger partial charge < -0.3 is 0 Å². The fourth-order valence-corrected chi connectivity index (χ4v) is 1.07. The Balaban J connectivity index is 2.47. The first-order valence-corrected chi connectivity index (χ1v) is 4.05. The highest BCUT2D eigenvalue weighted by atomic mass is 15.3. The molecule has 2 heterocycles. The van der Waals surface area contributed by atoms with E-state index < -0.39 is 0 Å². The number of hydrogen-bond acceptors (Lipinski definition) is 4. The third-order valence-electron chi connectivity index (χ3n) is 1.70. The number of rotatable bonds is 1. The molecule has 0 N–H and O–H groups in total. The van der Waals surface area contributed by atoms with E-state index in [4.69, 9.17) is 5.26 Å². The van der Waals surface area contributed by atoms with Crippen LogP contribution in [0.15, 0.2) is 24.5 Å². The summed E-state index contributed by atoms with van der Waals surface area (Å²) in [4.78, 5) is 7.78. The molecule has 0 unspecified atom stereocenters. The monoisotopic (exact) mass is 185 g/mol. The Morgan fingerprint density at radius 2 is 2.29 bits per heavy atom. The standard InChI is InChI=1S/C9H7N5/c1-7-3-5-14(13-7)9-2-4-11-8(6-10)12-9/h2-5H,1H3. The first kappa shape index (κ1) is 8.38. The van der Waals surface area contributed by atoms with Gasteiger partial charge in [-0.05, 0) is 13.0 Å². The molecule has 68 valence electrons. The Morgan fingerprint density at radius 1 is 1.43 bits per heavy atom. The second-order valence-corrected chi connectivity index (χ2v) is 2.75. The number of nitriles is 1. The van der Waals surface area contributed by atoms with Crippen molar-refractivity contribution in [1.29, 1.82) is 5.26 Å². The van der Waals surface area contributed by atoms with E-state index in [1.54, 1.807) is 16.9 Å². The number of nitrogens with zero attached hydrogens (tertiary/aromatic N) is 5. The molecule has 0 aromatic carbocycles. The fourth-order valence-electron chi connectivity index (χ4n) is 1.07. The first-order valence-electron chi connectivity index (χ1n) is 4.05. The highest BCUT2D eigenvalue weighted by molar-refractivity contribution is 5.23. The van der Waals surface area contributed by atoms with Crippen LogP contribution in [0.2, 0.25) is 0 Å². The smallest absolute Gasteiger partial charge is 0.227 e. The van der Waals surface area contributed by atoms with Gasteiger partial charge in [-0.3, -0.25) is 0 Å². The second kappa shape index (κ2) is 3.26. The normalized spacial score (nSPS) is 9.71. The number of hydrogen-bond donors (Lipinski definition) is 0. The maximum absolute atomic E-state index is 8.61. The van der Waals surface area contributed by atoms with Crippen molar-refractivity contribution in [1.82, 2.24) is 19.7 Å². The summed E-state index contributed by atoms with van der Waals surface area (Å²) in [7, 11) is 0. The fraction of sp³-hybridized carbons (Fsp3) is 0.111. The number of aromatic nitrogens is 4. The van der Waals surface area contributed by atoms with E-state index in [0.717, 1.165) is 5.69 Å². The Hall–Kier alpha value is -2.22. The molecule has 0 radical (unpaired) electrons. The predicted octanol–water partition coefficient (Wildman–Crippen LogP) is 0.842. The Kier molecular flexibility index (Phi) is 1.95. The van der Waals surface area contributed by atoms with Crippen LogP contribution in [0.1, 0.15) is 11.5 Å². The van der Waals surface area contributed by atoms with Crippen molar-refractivity contribution in [2.75, 3.05) is 0 Å². The number of aryl methyl sites for hydroxylation is 1. The topological polar surface area (TPSA) is 67.4 Å². The first-order chi connectivity index (χ1) is 6.79. The zero-order valence-corrected chi connectivity index (χ0v) is 7.55. The molecule has 0 fully saturated rings. The second-order valence-electron chi connectivity index (χ2n) is 2.75. The van der Waals surface area contributed by atoms with Gasteiger partial charge in [0.1, 0.15) is 6.07 Å². The van der Waals surface area contributed by atoms with Gasteiger partial charge in [0.2, 0.25) is 5.82 Å².